The number of aromatic nitrogens is 3. The first-order chi connectivity index (χ1) is 15.9. The third-order valence-electron chi connectivity index (χ3n) is 6.54. The standard InChI is InChI=1S/C25H29N5O3/c1-17-6-4-7-20(14-17)28-12-11-27(16-18(28)2)24(31)8-5-10-29-25(32)22-15-23-21(9-13-33-23)30(22)19(3)26-29/h4,6-7,9,13-15,18H,5,8,10-12,16H2,1-3H3/t18-/m1/s1. The van der Waals surface area contributed by atoms with Crippen LogP contribution in [0.1, 0.15) is 31.2 Å². The molecule has 0 spiro atoms. The van der Waals surface area contributed by atoms with Gasteiger partial charge in [-0.1, -0.05) is 12.1 Å². The molecule has 0 N–H and O–H groups in total. The molecule has 5 rings (SSSR count). The van der Waals surface area contributed by atoms with Crippen LogP contribution in [-0.4, -0.2) is 50.7 Å². The lowest BCUT2D eigenvalue weighted by Crippen LogP contribution is -2.53. The van der Waals surface area contributed by atoms with Crippen LogP contribution < -0.4 is 10.5 Å². The second-order valence-electron chi connectivity index (χ2n) is 8.94. The van der Waals surface area contributed by atoms with Crippen LogP contribution >= 0.6 is 0 Å². The summed E-state index contributed by atoms with van der Waals surface area (Å²) >= 11 is 0. The van der Waals surface area contributed by atoms with Crippen LogP contribution in [0.3, 0.4) is 0 Å². The summed E-state index contributed by atoms with van der Waals surface area (Å²) in [6, 6.07) is 12.3. The molecule has 0 bridgehead atoms. The van der Waals surface area contributed by atoms with Gasteiger partial charge in [0.25, 0.3) is 5.56 Å². The Hall–Kier alpha value is -3.55. The Kier molecular flexibility index (Phi) is 5.44. The first-order valence-corrected chi connectivity index (χ1v) is 11.5. The topological polar surface area (TPSA) is 76.0 Å². The van der Waals surface area contributed by atoms with Gasteiger partial charge >= 0.3 is 0 Å². The molecule has 1 saturated heterocycles. The van der Waals surface area contributed by atoms with Crippen molar-refractivity contribution in [2.75, 3.05) is 24.5 Å². The maximum Gasteiger partial charge on any atom is 0.291 e. The maximum atomic E-state index is 12.9. The normalized spacial score (nSPS) is 16.8. The van der Waals surface area contributed by atoms with Gasteiger partial charge in [0.1, 0.15) is 11.3 Å². The van der Waals surface area contributed by atoms with Gasteiger partial charge in [0, 0.05) is 56.5 Å². The van der Waals surface area contributed by atoms with Crippen molar-refractivity contribution in [2.45, 2.75) is 46.2 Å². The number of furan rings is 1. The zero-order valence-corrected chi connectivity index (χ0v) is 19.3. The Morgan fingerprint density at radius 3 is 2.79 bits per heavy atom. The SMILES string of the molecule is Cc1cccc(N2CCN(C(=O)CCCn3nc(C)n4c(cc5occc54)c3=O)C[C@H]2C)c1. The van der Waals surface area contributed by atoms with Gasteiger partial charge < -0.3 is 14.2 Å². The van der Waals surface area contributed by atoms with Crippen molar-refractivity contribution in [1.82, 2.24) is 19.1 Å². The molecule has 1 atom stereocenters. The third kappa shape index (κ3) is 3.90. The van der Waals surface area contributed by atoms with E-state index in [9.17, 15) is 9.59 Å². The Labute approximate surface area is 192 Å². The highest BCUT2D eigenvalue weighted by atomic mass is 16.3. The number of piperazine rings is 1. The lowest BCUT2D eigenvalue weighted by molar-refractivity contribution is -0.132. The van der Waals surface area contributed by atoms with Crippen LogP contribution in [0.2, 0.25) is 0 Å². The fraction of sp³-hybridized carbons (Fsp3) is 0.400. The first-order valence-electron chi connectivity index (χ1n) is 11.5. The molecule has 172 valence electrons. The number of amides is 1. The molecule has 33 heavy (non-hydrogen) atoms. The highest BCUT2D eigenvalue weighted by molar-refractivity contribution is 5.82. The number of anilines is 1. The molecule has 4 aromatic rings. The summed E-state index contributed by atoms with van der Waals surface area (Å²) in [4.78, 5) is 30.1. The summed E-state index contributed by atoms with van der Waals surface area (Å²) in [5.74, 6) is 0.852. The van der Waals surface area contributed by atoms with E-state index in [-0.39, 0.29) is 17.5 Å². The van der Waals surface area contributed by atoms with Crippen molar-refractivity contribution in [1.29, 1.82) is 0 Å². The summed E-state index contributed by atoms with van der Waals surface area (Å²) in [5.41, 5.74) is 4.34. The quantitative estimate of drug-likeness (QED) is 0.469. The second kappa shape index (κ2) is 8.42. The maximum absolute atomic E-state index is 12.9. The minimum Gasteiger partial charge on any atom is -0.463 e. The van der Waals surface area contributed by atoms with E-state index in [2.05, 4.69) is 48.1 Å². The molecule has 0 aliphatic carbocycles. The number of aryl methyl sites for hydroxylation is 3. The van der Waals surface area contributed by atoms with Gasteiger partial charge in [-0.2, -0.15) is 5.10 Å². The summed E-state index contributed by atoms with van der Waals surface area (Å²) < 4.78 is 8.72. The fourth-order valence-electron chi connectivity index (χ4n) is 4.89. The van der Waals surface area contributed by atoms with E-state index in [1.165, 1.54) is 15.9 Å². The molecule has 0 saturated carbocycles. The van der Waals surface area contributed by atoms with Crippen molar-refractivity contribution < 1.29 is 9.21 Å². The predicted octanol–water partition coefficient (Wildman–Crippen LogP) is 3.38. The van der Waals surface area contributed by atoms with Crippen molar-refractivity contribution in [3.05, 3.63) is 64.4 Å². The molecule has 4 heterocycles. The monoisotopic (exact) mass is 447 g/mol. The van der Waals surface area contributed by atoms with Crippen molar-refractivity contribution in [3.8, 4) is 0 Å². The Morgan fingerprint density at radius 1 is 1.15 bits per heavy atom. The average molecular weight is 448 g/mol. The molecule has 0 unspecified atom stereocenters. The number of carbonyl (C=O) groups is 1. The predicted molar refractivity (Wildman–Crippen MR) is 128 cm³/mol. The molecular weight excluding hydrogens is 418 g/mol. The lowest BCUT2D eigenvalue weighted by atomic mass is 10.1. The zero-order valence-electron chi connectivity index (χ0n) is 19.3. The summed E-state index contributed by atoms with van der Waals surface area (Å²) in [6.07, 6.45) is 2.58. The van der Waals surface area contributed by atoms with Crippen molar-refractivity contribution >= 4 is 28.2 Å². The number of hydrogen-bond acceptors (Lipinski definition) is 5. The zero-order chi connectivity index (χ0) is 23.1. The van der Waals surface area contributed by atoms with E-state index in [1.54, 1.807) is 12.3 Å². The molecule has 0 radical (unpaired) electrons. The number of rotatable bonds is 5. The number of carbonyl (C=O) groups excluding carboxylic acids is 1. The van der Waals surface area contributed by atoms with Gasteiger partial charge in [-0.3, -0.25) is 14.0 Å². The van der Waals surface area contributed by atoms with E-state index in [0.717, 1.165) is 12.1 Å². The summed E-state index contributed by atoms with van der Waals surface area (Å²) in [5, 5.41) is 4.47. The van der Waals surface area contributed by atoms with Crippen LogP contribution in [-0.2, 0) is 11.3 Å². The molecule has 1 fully saturated rings. The van der Waals surface area contributed by atoms with Crippen LogP contribution in [0.25, 0.3) is 16.6 Å². The van der Waals surface area contributed by atoms with Gasteiger partial charge in [0.2, 0.25) is 5.91 Å². The van der Waals surface area contributed by atoms with E-state index >= 15 is 0 Å². The van der Waals surface area contributed by atoms with Crippen molar-refractivity contribution in [3.63, 3.8) is 0 Å². The van der Waals surface area contributed by atoms with Crippen molar-refractivity contribution in [2.24, 2.45) is 0 Å². The van der Waals surface area contributed by atoms with Crippen LogP contribution in [0.15, 0.2) is 51.9 Å². The molecule has 8 nitrogen and oxygen atoms in total. The smallest absolute Gasteiger partial charge is 0.291 e. The molecule has 1 aromatic carbocycles. The lowest BCUT2D eigenvalue weighted by Gasteiger charge is -2.41. The Morgan fingerprint density at radius 2 is 2.00 bits per heavy atom. The molecule has 3 aromatic heterocycles. The Balaban J connectivity index is 1.21. The van der Waals surface area contributed by atoms with Gasteiger partial charge in [0.15, 0.2) is 5.58 Å². The van der Waals surface area contributed by atoms with E-state index < -0.39 is 0 Å². The first kappa shape index (κ1) is 21.3. The summed E-state index contributed by atoms with van der Waals surface area (Å²) in [7, 11) is 0. The molecule has 8 heteroatoms. The van der Waals surface area contributed by atoms with E-state index in [4.69, 9.17) is 4.42 Å². The highest BCUT2D eigenvalue weighted by Crippen LogP contribution is 2.22. The van der Waals surface area contributed by atoms with Crippen LogP contribution in [0.5, 0.6) is 0 Å². The molecule has 1 aliphatic rings. The number of fused-ring (bicyclic) bond motifs is 3. The molecule has 1 amide bonds. The van der Waals surface area contributed by atoms with Crippen LogP contribution in [0, 0.1) is 13.8 Å². The third-order valence-corrected chi connectivity index (χ3v) is 6.54. The van der Waals surface area contributed by atoms with E-state index in [0.29, 0.717) is 49.4 Å². The Bertz CT molecular complexity index is 1380. The second-order valence-corrected chi connectivity index (χ2v) is 8.94. The fourth-order valence-corrected chi connectivity index (χ4v) is 4.89. The summed E-state index contributed by atoms with van der Waals surface area (Å²) in [6.45, 7) is 8.78. The van der Waals surface area contributed by atoms with Gasteiger partial charge in [-0.15, -0.1) is 0 Å². The average Bonchev–Trinajstić information content (AvgIpc) is 3.38. The van der Waals surface area contributed by atoms with E-state index in [1.807, 2.05) is 22.3 Å². The minimum atomic E-state index is -0.167. The van der Waals surface area contributed by atoms with Crippen LogP contribution in [0.4, 0.5) is 5.69 Å². The van der Waals surface area contributed by atoms with Gasteiger partial charge in [0.05, 0.1) is 11.8 Å². The van der Waals surface area contributed by atoms with Gasteiger partial charge in [-0.25, -0.2) is 4.68 Å². The highest BCUT2D eigenvalue weighted by Gasteiger charge is 2.26. The minimum absolute atomic E-state index is 0.136. The largest absolute Gasteiger partial charge is 0.463 e. The molecule has 1 aliphatic heterocycles. The number of hydrogen-bond donors (Lipinski definition) is 0. The number of nitrogens with zero attached hydrogens (tertiary/aromatic N) is 5. The van der Waals surface area contributed by atoms with Gasteiger partial charge in [-0.05, 0) is 44.9 Å². The molecular formula is C25H29N5O3. The number of benzene rings is 1.